The highest BCUT2D eigenvalue weighted by molar-refractivity contribution is 7.88. The molecule has 19 heavy (non-hydrogen) atoms. The summed E-state index contributed by atoms with van der Waals surface area (Å²) in [5.41, 5.74) is 0. The highest BCUT2D eigenvalue weighted by Crippen LogP contribution is 2.23. The van der Waals surface area contributed by atoms with E-state index in [1.54, 1.807) is 4.90 Å². The lowest BCUT2D eigenvalue weighted by molar-refractivity contribution is -0.142. The average molecular weight is 290 g/mol. The molecule has 0 spiro atoms. The van der Waals surface area contributed by atoms with Crippen LogP contribution in [0.4, 0.5) is 0 Å². The molecule has 0 radical (unpaired) electrons. The van der Waals surface area contributed by atoms with Crippen LogP contribution in [0.1, 0.15) is 26.2 Å². The van der Waals surface area contributed by atoms with Gasteiger partial charge in [-0.3, -0.25) is 4.79 Å². The maximum atomic E-state index is 12.5. The Kier molecular flexibility index (Phi) is 4.47. The Morgan fingerprint density at radius 3 is 2.74 bits per heavy atom. The number of carbonyl (C=O) groups excluding carboxylic acids is 1. The van der Waals surface area contributed by atoms with E-state index >= 15 is 0 Å². The average Bonchev–Trinajstić information content (AvgIpc) is 2.87. The highest BCUT2D eigenvalue weighted by Gasteiger charge is 2.39. The zero-order chi connectivity index (χ0) is 14.0. The fraction of sp³-hybridized carbons (Fsp3) is 0.917. The molecule has 110 valence electrons. The summed E-state index contributed by atoms with van der Waals surface area (Å²) in [6.45, 7) is 4.15. The number of nitrogens with zero attached hydrogens (tertiary/aromatic N) is 2. The first-order chi connectivity index (χ1) is 8.93. The van der Waals surface area contributed by atoms with Gasteiger partial charge in [0.25, 0.3) is 0 Å². The second kappa shape index (κ2) is 5.76. The summed E-state index contributed by atoms with van der Waals surface area (Å²) >= 11 is 0. The van der Waals surface area contributed by atoms with Crippen LogP contribution in [0, 0.1) is 0 Å². The molecule has 0 saturated carbocycles. The number of hydrogen-bond acceptors (Lipinski definition) is 4. The number of hydrogen-bond donors (Lipinski definition) is 0. The van der Waals surface area contributed by atoms with Crippen LogP contribution in [0.5, 0.6) is 0 Å². The molecule has 2 rings (SSSR count). The van der Waals surface area contributed by atoms with E-state index in [4.69, 9.17) is 4.74 Å². The molecule has 0 N–H and O–H groups in total. The summed E-state index contributed by atoms with van der Waals surface area (Å²) < 4.78 is 30.2. The second-order valence-electron chi connectivity index (χ2n) is 5.22. The number of carbonyl (C=O) groups is 1. The van der Waals surface area contributed by atoms with Gasteiger partial charge in [0.2, 0.25) is 15.9 Å². The Hall–Kier alpha value is -0.660. The summed E-state index contributed by atoms with van der Waals surface area (Å²) in [6, 6.07) is -0.509. The van der Waals surface area contributed by atoms with Crippen molar-refractivity contribution in [2.75, 3.05) is 32.5 Å². The van der Waals surface area contributed by atoms with Gasteiger partial charge in [0.05, 0.1) is 19.0 Å². The van der Waals surface area contributed by atoms with Gasteiger partial charge in [-0.25, -0.2) is 8.42 Å². The van der Waals surface area contributed by atoms with Crippen LogP contribution in [0.25, 0.3) is 0 Å². The largest absolute Gasteiger partial charge is 0.375 e. The molecule has 0 aromatic carbocycles. The standard InChI is InChI=1S/C12H22N2O4S/c1-3-10-9-13(7-8-18-10)12(15)11-5-4-6-14(11)19(2,16)17/h10-11H,3-9H2,1-2H3. The van der Waals surface area contributed by atoms with Crippen LogP contribution >= 0.6 is 0 Å². The lowest BCUT2D eigenvalue weighted by atomic mass is 10.1. The Labute approximate surface area is 114 Å². The summed E-state index contributed by atoms with van der Waals surface area (Å²) in [6.07, 6.45) is 3.49. The summed E-state index contributed by atoms with van der Waals surface area (Å²) in [5, 5.41) is 0. The third kappa shape index (κ3) is 3.27. The number of ether oxygens (including phenoxy) is 1. The Bertz CT molecular complexity index is 437. The van der Waals surface area contributed by atoms with Crippen LogP contribution in [-0.4, -0.2) is 68.2 Å². The van der Waals surface area contributed by atoms with Gasteiger partial charge in [-0.1, -0.05) is 6.92 Å². The van der Waals surface area contributed by atoms with E-state index in [0.29, 0.717) is 32.7 Å². The Balaban J connectivity index is 2.06. The van der Waals surface area contributed by atoms with Gasteiger partial charge in [-0.15, -0.1) is 0 Å². The molecule has 0 aromatic rings. The number of sulfonamides is 1. The third-order valence-corrected chi connectivity index (χ3v) is 5.11. The summed E-state index contributed by atoms with van der Waals surface area (Å²) in [4.78, 5) is 14.2. The Morgan fingerprint density at radius 1 is 1.37 bits per heavy atom. The SMILES string of the molecule is CCC1CN(C(=O)C2CCCN2S(C)(=O)=O)CCO1. The molecule has 2 unspecified atom stereocenters. The maximum Gasteiger partial charge on any atom is 0.241 e. The molecule has 0 bridgehead atoms. The molecule has 0 aliphatic carbocycles. The smallest absolute Gasteiger partial charge is 0.241 e. The van der Waals surface area contributed by atoms with Crippen LogP contribution in [-0.2, 0) is 19.6 Å². The molecule has 2 atom stereocenters. The van der Waals surface area contributed by atoms with Crippen molar-refractivity contribution in [3.63, 3.8) is 0 Å². The first-order valence-electron chi connectivity index (χ1n) is 6.80. The van der Waals surface area contributed by atoms with Crippen LogP contribution in [0.2, 0.25) is 0 Å². The fourth-order valence-electron chi connectivity index (χ4n) is 2.76. The Morgan fingerprint density at radius 2 is 2.11 bits per heavy atom. The van der Waals surface area contributed by atoms with Crippen molar-refractivity contribution in [3.05, 3.63) is 0 Å². The van der Waals surface area contributed by atoms with Gasteiger partial charge in [0.1, 0.15) is 6.04 Å². The molecule has 2 aliphatic rings. The lowest BCUT2D eigenvalue weighted by Crippen LogP contribution is -2.52. The minimum Gasteiger partial charge on any atom is -0.375 e. The normalized spacial score (nSPS) is 29.7. The zero-order valence-electron chi connectivity index (χ0n) is 11.5. The van der Waals surface area contributed by atoms with Crippen LogP contribution in [0.15, 0.2) is 0 Å². The van der Waals surface area contributed by atoms with Gasteiger partial charge in [0.15, 0.2) is 0 Å². The van der Waals surface area contributed by atoms with Crippen molar-refractivity contribution in [1.29, 1.82) is 0 Å². The van der Waals surface area contributed by atoms with E-state index in [9.17, 15) is 13.2 Å². The summed E-state index contributed by atoms with van der Waals surface area (Å²) in [5.74, 6) is -0.0651. The van der Waals surface area contributed by atoms with Gasteiger partial charge in [-0.2, -0.15) is 4.31 Å². The molecule has 1 amide bonds. The zero-order valence-corrected chi connectivity index (χ0v) is 12.4. The topological polar surface area (TPSA) is 66.9 Å². The minimum atomic E-state index is -3.30. The van der Waals surface area contributed by atoms with Crippen molar-refractivity contribution >= 4 is 15.9 Å². The van der Waals surface area contributed by atoms with Crippen molar-refractivity contribution in [2.24, 2.45) is 0 Å². The van der Waals surface area contributed by atoms with E-state index in [1.807, 2.05) is 6.92 Å². The molecule has 0 aromatic heterocycles. The molecule has 2 heterocycles. The molecule has 2 saturated heterocycles. The molecular formula is C12H22N2O4S. The van der Waals surface area contributed by atoms with Crippen molar-refractivity contribution in [3.8, 4) is 0 Å². The molecule has 2 aliphatic heterocycles. The molecule has 7 heteroatoms. The van der Waals surface area contributed by atoms with Crippen LogP contribution < -0.4 is 0 Å². The minimum absolute atomic E-state index is 0.0651. The van der Waals surface area contributed by atoms with Gasteiger partial charge < -0.3 is 9.64 Å². The number of rotatable bonds is 3. The first-order valence-corrected chi connectivity index (χ1v) is 8.65. The second-order valence-corrected chi connectivity index (χ2v) is 7.15. The predicted molar refractivity (Wildman–Crippen MR) is 71.2 cm³/mol. The van der Waals surface area contributed by atoms with Crippen molar-refractivity contribution in [2.45, 2.75) is 38.3 Å². The lowest BCUT2D eigenvalue weighted by Gasteiger charge is -2.35. The number of amides is 1. The van der Waals surface area contributed by atoms with Crippen LogP contribution in [0.3, 0.4) is 0 Å². The predicted octanol–water partition coefficient (Wildman–Crippen LogP) is 0.0478. The number of morpholine rings is 1. The maximum absolute atomic E-state index is 12.5. The van der Waals surface area contributed by atoms with E-state index in [1.165, 1.54) is 10.6 Å². The first kappa shape index (κ1) is 14.7. The monoisotopic (exact) mass is 290 g/mol. The summed E-state index contributed by atoms with van der Waals surface area (Å²) in [7, 11) is -3.30. The van der Waals surface area contributed by atoms with Crippen molar-refractivity contribution < 1.29 is 17.9 Å². The van der Waals surface area contributed by atoms with E-state index in [-0.39, 0.29) is 12.0 Å². The van der Waals surface area contributed by atoms with E-state index in [0.717, 1.165) is 12.8 Å². The van der Waals surface area contributed by atoms with Crippen molar-refractivity contribution in [1.82, 2.24) is 9.21 Å². The third-order valence-electron chi connectivity index (χ3n) is 3.82. The molecular weight excluding hydrogens is 268 g/mol. The van der Waals surface area contributed by atoms with Gasteiger partial charge >= 0.3 is 0 Å². The van der Waals surface area contributed by atoms with E-state index < -0.39 is 16.1 Å². The van der Waals surface area contributed by atoms with E-state index in [2.05, 4.69) is 0 Å². The molecule has 2 fully saturated rings. The highest BCUT2D eigenvalue weighted by atomic mass is 32.2. The van der Waals surface area contributed by atoms with Gasteiger partial charge in [0, 0.05) is 19.6 Å². The van der Waals surface area contributed by atoms with Gasteiger partial charge in [-0.05, 0) is 19.3 Å². The quantitative estimate of drug-likeness (QED) is 0.736. The molecule has 6 nitrogen and oxygen atoms in total. The fourth-order valence-corrected chi connectivity index (χ4v) is 3.88.